The quantitative estimate of drug-likeness (QED) is 0.682. The SMILES string of the molecule is Cc1c(O)ccc2cc(OCCCBr)ccc12. The van der Waals surface area contributed by atoms with Crippen LogP contribution in [0.2, 0.25) is 0 Å². The second-order valence-corrected chi connectivity index (χ2v) is 4.78. The summed E-state index contributed by atoms with van der Waals surface area (Å²) < 4.78 is 5.63. The Labute approximate surface area is 109 Å². The molecule has 0 aromatic heterocycles. The summed E-state index contributed by atoms with van der Waals surface area (Å²) in [5, 5.41) is 12.7. The molecule has 2 nitrogen and oxygen atoms in total. The second kappa shape index (κ2) is 5.41. The first-order chi connectivity index (χ1) is 8.22. The Morgan fingerprint density at radius 3 is 2.82 bits per heavy atom. The summed E-state index contributed by atoms with van der Waals surface area (Å²) in [5.41, 5.74) is 0.912. The van der Waals surface area contributed by atoms with Crippen LogP contribution in [-0.4, -0.2) is 17.0 Å². The third-order valence-corrected chi connectivity index (χ3v) is 3.34. The minimum atomic E-state index is 0.338. The maximum atomic E-state index is 9.62. The molecule has 2 aromatic rings. The summed E-state index contributed by atoms with van der Waals surface area (Å²) in [7, 11) is 0. The molecule has 0 unspecified atom stereocenters. The van der Waals surface area contributed by atoms with E-state index in [2.05, 4.69) is 15.9 Å². The summed E-state index contributed by atoms with van der Waals surface area (Å²) in [5.74, 6) is 1.22. The fraction of sp³-hybridized carbons (Fsp3) is 0.286. The molecule has 17 heavy (non-hydrogen) atoms. The van der Waals surface area contributed by atoms with Gasteiger partial charge in [-0.25, -0.2) is 0 Å². The van der Waals surface area contributed by atoms with Crippen LogP contribution in [0.25, 0.3) is 10.8 Å². The minimum Gasteiger partial charge on any atom is -0.508 e. The van der Waals surface area contributed by atoms with E-state index in [0.29, 0.717) is 12.4 Å². The molecule has 0 aliphatic carbocycles. The van der Waals surface area contributed by atoms with Crippen molar-refractivity contribution in [1.82, 2.24) is 0 Å². The lowest BCUT2D eigenvalue weighted by Crippen LogP contribution is -1.97. The normalized spacial score (nSPS) is 10.7. The van der Waals surface area contributed by atoms with Crippen molar-refractivity contribution in [2.45, 2.75) is 13.3 Å². The number of hydrogen-bond donors (Lipinski definition) is 1. The molecule has 0 aliphatic heterocycles. The molecule has 2 rings (SSSR count). The van der Waals surface area contributed by atoms with Crippen molar-refractivity contribution in [2.75, 3.05) is 11.9 Å². The zero-order chi connectivity index (χ0) is 12.3. The van der Waals surface area contributed by atoms with Gasteiger partial charge in [-0.2, -0.15) is 0 Å². The summed E-state index contributed by atoms with van der Waals surface area (Å²) in [6, 6.07) is 9.59. The third kappa shape index (κ3) is 2.72. The first kappa shape index (κ1) is 12.2. The smallest absolute Gasteiger partial charge is 0.119 e. The fourth-order valence-corrected chi connectivity index (χ4v) is 2.02. The standard InChI is InChI=1S/C14H15BrO2/c1-10-13-5-4-12(17-8-2-7-15)9-11(13)3-6-14(10)16/h3-6,9,16H,2,7-8H2,1H3. The number of fused-ring (bicyclic) bond motifs is 1. The summed E-state index contributed by atoms with van der Waals surface area (Å²) in [6.07, 6.45) is 0.993. The maximum absolute atomic E-state index is 9.62. The van der Waals surface area contributed by atoms with E-state index < -0.39 is 0 Å². The molecule has 0 spiro atoms. The number of phenolic OH excluding ortho intramolecular Hbond substituents is 1. The predicted octanol–water partition coefficient (Wildman–Crippen LogP) is 4.02. The van der Waals surface area contributed by atoms with Crippen LogP contribution < -0.4 is 4.74 Å². The van der Waals surface area contributed by atoms with E-state index in [1.54, 1.807) is 6.07 Å². The molecule has 0 atom stereocenters. The molecule has 0 aliphatic rings. The molecule has 0 amide bonds. The topological polar surface area (TPSA) is 29.5 Å². The first-order valence-electron chi connectivity index (χ1n) is 5.63. The van der Waals surface area contributed by atoms with Crippen LogP contribution in [0.4, 0.5) is 0 Å². The van der Waals surface area contributed by atoms with Crippen molar-refractivity contribution in [2.24, 2.45) is 0 Å². The lowest BCUT2D eigenvalue weighted by atomic mass is 10.0. The molecule has 0 radical (unpaired) electrons. The van der Waals surface area contributed by atoms with Gasteiger partial charge in [-0.15, -0.1) is 0 Å². The van der Waals surface area contributed by atoms with Crippen LogP contribution in [0.5, 0.6) is 11.5 Å². The van der Waals surface area contributed by atoms with Crippen LogP contribution in [0.15, 0.2) is 30.3 Å². The summed E-state index contributed by atoms with van der Waals surface area (Å²) in [6.45, 7) is 2.64. The summed E-state index contributed by atoms with van der Waals surface area (Å²) >= 11 is 3.37. The number of benzene rings is 2. The van der Waals surface area contributed by atoms with E-state index in [0.717, 1.165) is 33.8 Å². The molecular formula is C14H15BrO2. The number of aromatic hydroxyl groups is 1. The molecule has 90 valence electrons. The number of aryl methyl sites for hydroxylation is 1. The number of phenols is 1. The van der Waals surface area contributed by atoms with Gasteiger partial charge in [0.25, 0.3) is 0 Å². The van der Waals surface area contributed by atoms with E-state index >= 15 is 0 Å². The molecule has 1 N–H and O–H groups in total. The Kier molecular flexibility index (Phi) is 3.89. The van der Waals surface area contributed by atoms with Gasteiger partial charge in [0.1, 0.15) is 11.5 Å². The highest BCUT2D eigenvalue weighted by atomic mass is 79.9. The van der Waals surface area contributed by atoms with Crippen LogP contribution in [0.1, 0.15) is 12.0 Å². The predicted molar refractivity (Wildman–Crippen MR) is 74.3 cm³/mol. The zero-order valence-electron chi connectivity index (χ0n) is 9.74. The Bertz CT molecular complexity index is 523. The van der Waals surface area contributed by atoms with E-state index in [4.69, 9.17) is 4.74 Å². The Morgan fingerprint density at radius 2 is 2.06 bits per heavy atom. The van der Waals surface area contributed by atoms with E-state index in [1.165, 1.54) is 0 Å². The minimum absolute atomic E-state index is 0.338. The number of ether oxygens (including phenoxy) is 1. The van der Waals surface area contributed by atoms with Crippen molar-refractivity contribution in [1.29, 1.82) is 0 Å². The molecular weight excluding hydrogens is 280 g/mol. The van der Waals surface area contributed by atoms with Gasteiger partial charge in [0.2, 0.25) is 0 Å². The van der Waals surface area contributed by atoms with Crippen LogP contribution in [0.3, 0.4) is 0 Å². The monoisotopic (exact) mass is 294 g/mol. The van der Waals surface area contributed by atoms with Crippen molar-refractivity contribution in [3.8, 4) is 11.5 Å². The molecule has 0 heterocycles. The molecule has 0 saturated carbocycles. The Morgan fingerprint density at radius 1 is 1.24 bits per heavy atom. The van der Waals surface area contributed by atoms with Crippen LogP contribution in [0, 0.1) is 6.92 Å². The zero-order valence-corrected chi connectivity index (χ0v) is 11.3. The number of rotatable bonds is 4. The van der Waals surface area contributed by atoms with Gasteiger partial charge in [0.15, 0.2) is 0 Å². The lowest BCUT2D eigenvalue weighted by molar-refractivity contribution is 0.319. The average Bonchev–Trinajstić information content (AvgIpc) is 2.34. The Balaban J connectivity index is 2.29. The highest BCUT2D eigenvalue weighted by Gasteiger charge is 2.03. The third-order valence-electron chi connectivity index (χ3n) is 2.78. The Hall–Kier alpha value is -1.22. The molecule has 0 fully saturated rings. The first-order valence-corrected chi connectivity index (χ1v) is 6.75. The fourth-order valence-electron chi connectivity index (χ4n) is 1.79. The largest absolute Gasteiger partial charge is 0.508 e. The van der Waals surface area contributed by atoms with Crippen molar-refractivity contribution in [3.05, 3.63) is 35.9 Å². The van der Waals surface area contributed by atoms with Crippen molar-refractivity contribution in [3.63, 3.8) is 0 Å². The van der Waals surface area contributed by atoms with Gasteiger partial charge in [0.05, 0.1) is 6.61 Å². The van der Waals surface area contributed by atoms with Crippen LogP contribution >= 0.6 is 15.9 Å². The molecule has 0 saturated heterocycles. The van der Waals surface area contributed by atoms with Gasteiger partial charge >= 0.3 is 0 Å². The molecule has 2 aromatic carbocycles. The van der Waals surface area contributed by atoms with Crippen molar-refractivity contribution < 1.29 is 9.84 Å². The maximum Gasteiger partial charge on any atom is 0.119 e. The number of hydrogen-bond acceptors (Lipinski definition) is 2. The molecule has 0 bridgehead atoms. The summed E-state index contributed by atoms with van der Waals surface area (Å²) in [4.78, 5) is 0. The molecule has 3 heteroatoms. The number of halogens is 1. The highest BCUT2D eigenvalue weighted by molar-refractivity contribution is 9.09. The average molecular weight is 295 g/mol. The van der Waals surface area contributed by atoms with Gasteiger partial charge in [-0.05, 0) is 47.9 Å². The van der Waals surface area contributed by atoms with Gasteiger partial charge < -0.3 is 9.84 Å². The van der Waals surface area contributed by atoms with E-state index in [-0.39, 0.29) is 0 Å². The lowest BCUT2D eigenvalue weighted by Gasteiger charge is -2.08. The van der Waals surface area contributed by atoms with Gasteiger partial charge in [0, 0.05) is 5.33 Å². The van der Waals surface area contributed by atoms with Gasteiger partial charge in [-0.1, -0.05) is 28.1 Å². The van der Waals surface area contributed by atoms with Gasteiger partial charge in [-0.3, -0.25) is 0 Å². The van der Waals surface area contributed by atoms with Crippen molar-refractivity contribution >= 4 is 26.7 Å². The van der Waals surface area contributed by atoms with Crippen LogP contribution in [-0.2, 0) is 0 Å². The van der Waals surface area contributed by atoms with E-state index in [1.807, 2.05) is 31.2 Å². The van der Waals surface area contributed by atoms with E-state index in [9.17, 15) is 5.11 Å². The number of alkyl halides is 1. The second-order valence-electron chi connectivity index (χ2n) is 3.98. The highest BCUT2D eigenvalue weighted by Crippen LogP contribution is 2.28.